The van der Waals surface area contributed by atoms with Gasteiger partial charge in [-0.3, -0.25) is 4.48 Å². The topological polar surface area (TPSA) is 60.6 Å². The van der Waals surface area contributed by atoms with Gasteiger partial charge in [-0.25, -0.2) is 9.97 Å². The van der Waals surface area contributed by atoms with E-state index in [2.05, 4.69) is 125 Å². The molecule has 1 aromatic carbocycles. The van der Waals surface area contributed by atoms with Crippen LogP contribution in [0.15, 0.2) is 97.4 Å². The Morgan fingerprint density at radius 2 is 1.57 bits per heavy atom. The van der Waals surface area contributed by atoms with Gasteiger partial charge in [0.15, 0.2) is 0 Å². The second kappa shape index (κ2) is 10.8. The van der Waals surface area contributed by atoms with E-state index in [-0.39, 0.29) is 6.04 Å². The molecule has 4 aromatic heterocycles. The highest BCUT2D eigenvalue weighted by atomic mass is 15.4. The Bertz CT molecular complexity index is 2210. The summed E-state index contributed by atoms with van der Waals surface area (Å²) >= 11 is 0. The number of H-pyrrole nitrogens is 2. The largest absolute Gasteiger partial charge is 0.367 e. The molecule has 2 N–H and O–H groups in total. The minimum absolute atomic E-state index is 0.242. The maximum absolute atomic E-state index is 4.49. The van der Waals surface area contributed by atoms with Gasteiger partial charge in [0.05, 0.1) is 25.8 Å². The zero-order valence-corrected chi connectivity index (χ0v) is 27.4. The summed E-state index contributed by atoms with van der Waals surface area (Å²) in [6, 6.07) is 8.97. The number of fused-ring (bicyclic) bond motifs is 9. The number of rotatable bonds is 4. The van der Waals surface area contributed by atoms with Gasteiger partial charge >= 0.3 is 0 Å². The van der Waals surface area contributed by atoms with Gasteiger partial charge in [-0.2, -0.15) is 0 Å². The molecule has 9 rings (SSSR count). The number of hydrogen-bond donors (Lipinski definition) is 2. The van der Waals surface area contributed by atoms with Gasteiger partial charge in [-0.05, 0) is 90.1 Å². The Labute approximate surface area is 276 Å². The van der Waals surface area contributed by atoms with E-state index in [0.717, 1.165) is 53.5 Å². The van der Waals surface area contributed by atoms with Crippen LogP contribution in [0.2, 0.25) is 0 Å². The van der Waals surface area contributed by atoms with Crippen molar-refractivity contribution in [3.05, 3.63) is 142 Å². The highest BCUT2D eigenvalue weighted by molar-refractivity contribution is 5.87. The average molecular weight is 618 g/mol. The molecule has 234 valence electrons. The first-order chi connectivity index (χ1) is 23.0. The van der Waals surface area contributed by atoms with Crippen LogP contribution in [0.4, 0.5) is 0 Å². The highest BCUT2D eigenvalue weighted by Gasteiger charge is 2.46. The minimum Gasteiger partial charge on any atom is -0.367 e. The summed E-state index contributed by atoms with van der Waals surface area (Å²) in [7, 11) is 2.46. The first-order valence-electron chi connectivity index (χ1n) is 17.0. The molecule has 0 fully saturated rings. The van der Waals surface area contributed by atoms with Crippen LogP contribution in [0.1, 0.15) is 63.0 Å². The smallest absolute Gasteiger partial charge is 0.137 e. The lowest BCUT2D eigenvalue weighted by Crippen LogP contribution is -2.50. The number of quaternary nitrogens is 1. The number of pyridine rings is 2. The predicted molar refractivity (Wildman–Crippen MR) is 191 cm³/mol. The van der Waals surface area contributed by atoms with Crippen molar-refractivity contribution in [2.45, 2.75) is 45.2 Å². The van der Waals surface area contributed by atoms with Crippen LogP contribution >= 0.6 is 0 Å². The fourth-order valence-corrected chi connectivity index (χ4v) is 8.74. The molecule has 0 radical (unpaired) electrons. The van der Waals surface area contributed by atoms with E-state index < -0.39 is 0 Å². The molecule has 0 saturated carbocycles. The molecular weight excluding hydrogens is 576 g/mol. The fourth-order valence-electron chi connectivity index (χ4n) is 8.74. The second-order valence-corrected chi connectivity index (χ2v) is 14.0. The normalized spacial score (nSPS) is 25.0. The monoisotopic (exact) mass is 617 g/mol. The van der Waals surface area contributed by atoms with E-state index in [4.69, 9.17) is 0 Å². The number of nitrogens with one attached hydrogen (secondary N) is 2. The van der Waals surface area contributed by atoms with Crippen molar-refractivity contribution in [3.63, 3.8) is 0 Å². The minimum atomic E-state index is 0.242. The van der Waals surface area contributed by atoms with E-state index in [0.29, 0.717) is 12.0 Å². The summed E-state index contributed by atoms with van der Waals surface area (Å²) in [4.78, 5) is 18.2. The summed E-state index contributed by atoms with van der Waals surface area (Å²) < 4.78 is 0.983. The van der Waals surface area contributed by atoms with Crippen LogP contribution < -0.4 is 0 Å². The highest BCUT2D eigenvalue weighted by Crippen LogP contribution is 2.51. The zero-order valence-electron chi connectivity index (χ0n) is 27.4. The SMILES string of the molecule is Cc1c(C)c2c(c3c1CCN1C=CC(/C=C/c4c[nH]c5ncccc45)=CC31)C1CC(/C=C/c3c[nH]c4ncccc34)C=C[N+]1(C)CC2. The van der Waals surface area contributed by atoms with E-state index in [1.807, 2.05) is 24.5 Å². The zero-order chi connectivity index (χ0) is 31.7. The van der Waals surface area contributed by atoms with Gasteiger partial charge in [0.1, 0.15) is 17.3 Å². The number of aromatic nitrogens is 4. The second-order valence-electron chi connectivity index (χ2n) is 14.0. The third kappa shape index (κ3) is 4.57. The Balaban J connectivity index is 1.10. The third-order valence-electron chi connectivity index (χ3n) is 11.5. The summed E-state index contributed by atoms with van der Waals surface area (Å²) in [5, 5.41) is 2.33. The predicted octanol–water partition coefficient (Wildman–Crippen LogP) is 8.41. The summed E-state index contributed by atoms with van der Waals surface area (Å²) in [5.41, 5.74) is 14.9. The fraction of sp³-hybridized carbons (Fsp3) is 0.268. The number of aromatic amines is 2. The lowest BCUT2D eigenvalue weighted by molar-refractivity contribution is -0.896. The Kier molecular flexibility index (Phi) is 6.51. The molecule has 0 amide bonds. The van der Waals surface area contributed by atoms with Crippen molar-refractivity contribution < 1.29 is 4.48 Å². The van der Waals surface area contributed by atoms with Crippen LogP contribution in [0.25, 0.3) is 34.2 Å². The molecule has 47 heavy (non-hydrogen) atoms. The van der Waals surface area contributed by atoms with Gasteiger partial charge in [0, 0.05) is 83.8 Å². The van der Waals surface area contributed by atoms with E-state index in [9.17, 15) is 0 Å². The lowest BCUT2D eigenvalue weighted by Gasteiger charge is -2.49. The van der Waals surface area contributed by atoms with Crippen LogP contribution in [0, 0.1) is 19.8 Å². The lowest BCUT2D eigenvalue weighted by atomic mass is 9.72. The quantitative estimate of drug-likeness (QED) is 0.199. The molecule has 5 aromatic rings. The van der Waals surface area contributed by atoms with Crippen LogP contribution in [0.3, 0.4) is 0 Å². The number of benzene rings is 1. The molecule has 0 spiro atoms. The molecule has 4 aliphatic rings. The molecule has 6 heteroatoms. The molecule has 0 bridgehead atoms. The Hall–Kier alpha value is -4.94. The van der Waals surface area contributed by atoms with Gasteiger partial charge in [-0.15, -0.1) is 0 Å². The molecule has 6 nitrogen and oxygen atoms in total. The average Bonchev–Trinajstić information content (AvgIpc) is 3.72. The first-order valence-corrected chi connectivity index (χ1v) is 17.0. The molecule has 4 atom stereocenters. The first kappa shape index (κ1) is 28.3. The Morgan fingerprint density at radius 3 is 2.32 bits per heavy atom. The van der Waals surface area contributed by atoms with Crippen molar-refractivity contribution >= 4 is 34.2 Å². The number of hydrogen-bond acceptors (Lipinski definition) is 3. The van der Waals surface area contributed by atoms with E-state index >= 15 is 0 Å². The van der Waals surface area contributed by atoms with Gasteiger partial charge in [0.25, 0.3) is 0 Å². The van der Waals surface area contributed by atoms with Crippen molar-refractivity contribution in [1.82, 2.24) is 24.8 Å². The molecule has 8 heterocycles. The van der Waals surface area contributed by atoms with Crippen molar-refractivity contribution in [3.8, 4) is 0 Å². The number of allylic oxidation sites excluding steroid dienone is 5. The molecule has 0 aliphatic carbocycles. The number of nitrogens with zero attached hydrogens (tertiary/aromatic N) is 4. The third-order valence-corrected chi connectivity index (χ3v) is 11.5. The van der Waals surface area contributed by atoms with Gasteiger partial charge in [0.2, 0.25) is 0 Å². The van der Waals surface area contributed by atoms with Gasteiger partial charge in [-0.1, -0.05) is 30.4 Å². The van der Waals surface area contributed by atoms with Crippen molar-refractivity contribution in [2.24, 2.45) is 5.92 Å². The van der Waals surface area contributed by atoms with E-state index in [1.54, 1.807) is 22.3 Å². The summed E-state index contributed by atoms with van der Waals surface area (Å²) in [6.45, 7) is 6.97. The number of likely N-dealkylation sites (N-methyl/N-ethyl adjacent to an activating group) is 1. The molecule has 4 aliphatic heterocycles. The van der Waals surface area contributed by atoms with Crippen LogP contribution in [-0.4, -0.2) is 49.5 Å². The molecule has 0 saturated heterocycles. The maximum Gasteiger partial charge on any atom is 0.137 e. The molecule has 4 unspecified atom stereocenters. The van der Waals surface area contributed by atoms with Crippen molar-refractivity contribution in [2.75, 3.05) is 20.1 Å². The summed E-state index contributed by atoms with van der Waals surface area (Å²) in [5.74, 6) is 0.377. The Morgan fingerprint density at radius 1 is 0.872 bits per heavy atom. The molecular formula is C41H41N6+. The van der Waals surface area contributed by atoms with Gasteiger partial charge < -0.3 is 14.9 Å². The maximum atomic E-state index is 4.49. The van der Waals surface area contributed by atoms with Crippen LogP contribution in [-0.2, 0) is 12.8 Å². The van der Waals surface area contributed by atoms with Crippen LogP contribution in [0.5, 0.6) is 0 Å². The summed E-state index contributed by atoms with van der Waals surface area (Å²) in [6.07, 6.45) is 32.5. The van der Waals surface area contributed by atoms with Crippen molar-refractivity contribution in [1.29, 1.82) is 0 Å². The standard InChI is InChI=1S/C41H41N6/c1-26-27(2)33-15-21-47(3)20-14-29(9-11-31-25-45-41-35(31)7-5-17-43-41)23-37(47)39(33)38-32(26)13-19-46-18-12-28(22-36(38)46)8-10-30-24-44-40-34(30)6-4-16-42-40/h4-12,14,16-18,20,22,24-25,29,36-37H,13,15,19,21,23H2,1-3H3,(H,42,44)(H,43,45)/q+1/b10-8+,11-9+. The van der Waals surface area contributed by atoms with E-state index in [1.165, 1.54) is 33.2 Å².